The number of fused-ring (bicyclic) bond motifs is 1. The van der Waals surface area contributed by atoms with E-state index in [0.717, 1.165) is 55.8 Å². The van der Waals surface area contributed by atoms with Crippen LogP contribution in [0.25, 0.3) is 0 Å². The van der Waals surface area contributed by atoms with Crippen LogP contribution in [-0.2, 0) is 12.1 Å². The molecule has 4 nitrogen and oxygen atoms in total. The molecule has 4 rings (SSSR count). The zero-order valence-corrected chi connectivity index (χ0v) is 16.1. The maximum Gasteiger partial charge on any atom is 0.130 e. The molecule has 1 aliphatic heterocycles. The van der Waals surface area contributed by atoms with Crippen molar-refractivity contribution >= 4 is 0 Å². The molecule has 2 fully saturated rings. The van der Waals surface area contributed by atoms with Crippen LogP contribution in [0.2, 0.25) is 0 Å². The second kappa shape index (κ2) is 7.28. The van der Waals surface area contributed by atoms with Crippen LogP contribution in [0.5, 0.6) is 0 Å². The van der Waals surface area contributed by atoms with Gasteiger partial charge in [0.15, 0.2) is 0 Å². The zero-order valence-electron chi connectivity index (χ0n) is 16.1. The number of aliphatic hydroxyl groups is 1. The molecule has 2 aromatic rings. The Morgan fingerprint density at radius 1 is 1.19 bits per heavy atom. The van der Waals surface area contributed by atoms with Gasteiger partial charge in [-0.25, -0.2) is 14.4 Å². The summed E-state index contributed by atoms with van der Waals surface area (Å²) in [6, 6.07) is 6.41. The van der Waals surface area contributed by atoms with Crippen LogP contribution >= 0.6 is 0 Å². The highest BCUT2D eigenvalue weighted by Gasteiger charge is 2.49. The van der Waals surface area contributed by atoms with Crippen molar-refractivity contribution in [3.8, 4) is 0 Å². The Morgan fingerprint density at radius 2 is 1.89 bits per heavy atom. The maximum atomic E-state index is 13.3. The summed E-state index contributed by atoms with van der Waals surface area (Å²) in [6.45, 7) is 6.84. The van der Waals surface area contributed by atoms with Gasteiger partial charge >= 0.3 is 0 Å². The maximum absolute atomic E-state index is 13.3. The summed E-state index contributed by atoms with van der Waals surface area (Å²) in [5.74, 6) is 1.61. The zero-order chi connectivity index (χ0) is 19.0. The fourth-order valence-corrected chi connectivity index (χ4v) is 4.84. The van der Waals surface area contributed by atoms with Crippen LogP contribution in [0, 0.1) is 17.7 Å². The third kappa shape index (κ3) is 3.63. The van der Waals surface area contributed by atoms with Crippen LogP contribution in [0.3, 0.4) is 0 Å². The van der Waals surface area contributed by atoms with Gasteiger partial charge in [0.2, 0.25) is 0 Å². The van der Waals surface area contributed by atoms with E-state index in [-0.39, 0.29) is 11.7 Å². The van der Waals surface area contributed by atoms with Crippen molar-refractivity contribution in [1.29, 1.82) is 0 Å². The van der Waals surface area contributed by atoms with Crippen molar-refractivity contribution in [2.45, 2.75) is 51.2 Å². The van der Waals surface area contributed by atoms with E-state index in [4.69, 9.17) is 0 Å². The highest BCUT2D eigenvalue weighted by Crippen LogP contribution is 2.48. The van der Waals surface area contributed by atoms with Gasteiger partial charge in [-0.2, -0.15) is 0 Å². The van der Waals surface area contributed by atoms with Crippen LogP contribution in [-0.4, -0.2) is 33.1 Å². The molecular formula is C22H28FN3O. The lowest BCUT2D eigenvalue weighted by Gasteiger charge is -2.41. The lowest BCUT2D eigenvalue weighted by molar-refractivity contribution is -0.0648. The summed E-state index contributed by atoms with van der Waals surface area (Å²) in [5, 5.41) is 11.5. The summed E-state index contributed by atoms with van der Waals surface area (Å²) >= 11 is 0. The molecule has 5 heteroatoms. The summed E-state index contributed by atoms with van der Waals surface area (Å²) in [5.41, 5.74) is 1.11. The molecule has 0 unspecified atom stereocenters. The summed E-state index contributed by atoms with van der Waals surface area (Å²) in [4.78, 5) is 11.4. The van der Waals surface area contributed by atoms with E-state index in [1.165, 1.54) is 12.1 Å². The number of nitrogens with zero attached hydrogens (tertiary/aromatic N) is 3. The van der Waals surface area contributed by atoms with Gasteiger partial charge < -0.3 is 5.11 Å². The summed E-state index contributed by atoms with van der Waals surface area (Å²) in [7, 11) is 0. The van der Waals surface area contributed by atoms with Gasteiger partial charge in [-0.05, 0) is 42.9 Å². The normalized spacial score (nSPS) is 28.5. The van der Waals surface area contributed by atoms with Gasteiger partial charge in [-0.3, -0.25) is 4.90 Å². The average Bonchev–Trinajstić information content (AvgIpc) is 3.07. The van der Waals surface area contributed by atoms with Crippen LogP contribution in [0.15, 0.2) is 36.7 Å². The van der Waals surface area contributed by atoms with Gasteiger partial charge in [0.05, 0.1) is 5.60 Å². The molecule has 1 aliphatic carbocycles. The number of benzene rings is 1. The Labute approximate surface area is 160 Å². The molecule has 1 saturated heterocycles. The number of hydrogen-bond acceptors (Lipinski definition) is 4. The SMILES string of the molecule is CC(C)c1ncc(CN2C[C@@H]3CCC[C@@](O)(c4ccc(F)cc4)[C@@H]3C2)cn1. The fraction of sp³-hybridized carbons (Fsp3) is 0.545. The molecule has 3 atom stereocenters. The molecule has 1 N–H and O–H groups in total. The average molecular weight is 369 g/mol. The topological polar surface area (TPSA) is 49.2 Å². The summed E-state index contributed by atoms with van der Waals surface area (Å²) in [6.07, 6.45) is 6.76. The van der Waals surface area contributed by atoms with Crippen molar-refractivity contribution in [2.24, 2.45) is 11.8 Å². The first-order chi connectivity index (χ1) is 13.0. The molecule has 2 aliphatic rings. The van der Waals surface area contributed by atoms with E-state index in [9.17, 15) is 9.50 Å². The smallest absolute Gasteiger partial charge is 0.130 e. The molecule has 0 amide bonds. The minimum atomic E-state index is -0.858. The third-order valence-corrected chi connectivity index (χ3v) is 6.25. The molecule has 144 valence electrons. The van der Waals surface area contributed by atoms with Gasteiger partial charge in [0, 0.05) is 49.4 Å². The number of aromatic nitrogens is 2. The van der Waals surface area contributed by atoms with E-state index in [2.05, 4.69) is 28.7 Å². The second-order valence-electron chi connectivity index (χ2n) is 8.49. The minimum absolute atomic E-state index is 0.188. The van der Waals surface area contributed by atoms with Gasteiger partial charge in [0.1, 0.15) is 11.6 Å². The lowest BCUT2D eigenvalue weighted by Crippen LogP contribution is -2.42. The molecule has 0 spiro atoms. The number of hydrogen-bond donors (Lipinski definition) is 1. The summed E-state index contributed by atoms with van der Waals surface area (Å²) < 4.78 is 13.3. The Kier molecular flexibility index (Phi) is 4.99. The van der Waals surface area contributed by atoms with Crippen molar-refractivity contribution in [1.82, 2.24) is 14.9 Å². The van der Waals surface area contributed by atoms with Gasteiger partial charge in [0.25, 0.3) is 0 Å². The molecule has 1 aromatic carbocycles. The van der Waals surface area contributed by atoms with Gasteiger partial charge in [-0.15, -0.1) is 0 Å². The van der Waals surface area contributed by atoms with Crippen molar-refractivity contribution in [3.63, 3.8) is 0 Å². The van der Waals surface area contributed by atoms with Crippen LogP contribution in [0.1, 0.15) is 56.0 Å². The first-order valence-electron chi connectivity index (χ1n) is 9.97. The number of rotatable bonds is 4. The number of likely N-dealkylation sites (tertiary alicyclic amines) is 1. The quantitative estimate of drug-likeness (QED) is 0.889. The Hall–Kier alpha value is -1.85. The molecule has 2 heterocycles. The minimum Gasteiger partial charge on any atom is -0.385 e. The predicted octanol–water partition coefficient (Wildman–Crippen LogP) is 3.86. The van der Waals surface area contributed by atoms with E-state index < -0.39 is 5.60 Å². The van der Waals surface area contributed by atoms with Crippen molar-refractivity contribution < 1.29 is 9.50 Å². The molecule has 0 radical (unpaired) electrons. The molecular weight excluding hydrogens is 341 g/mol. The highest BCUT2D eigenvalue weighted by atomic mass is 19.1. The van der Waals surface area contributed by atoms with E-state index in [1.54, 1.807) is 12.1 Å². The fourth-order valence-electron chi connectivity index (χ4n) is 4.84. The largest absolute Gasteiger partial charge is 0.385 e. The Balaban J connectivity index is 1.49. The second-order valence-corrected chi connectivity index (χ2v) is 8.49. The molecule has 0 bridgehead atoms. The Bertz CT molecular complexity index is 777. The first kappa shape index (κ1) is 18.5. The lowest BCUT2D eigenvalue weighted by atomic mass is 9.67. The van der Waals surface area contributed by atoms with E-state index in [1.807, 2.05) is 12.4 Å². The monoisotopic (exact) mass is 369 g/mol. The predicted molar refractivity (Wildman–Crippen MR) is 103 cm³/mol. The first-order valence-corrected chi connectivity index (χ1v) is 9.97. The standard InChI is InChI=1S/C22H28FN3O/c1-15(2)21-24-10-16(11-25-21)12-26-13-17-4-3-9-22(27,20(17)14-26)18-5-7-19(23)8-6-18/h5-8,10-11,15,17,20,27H,3-4,9,12-14H2,1-2H3/t17-,20+,22+/m0/s1. The Morgan fingerprint density at radius 3 is 2.56 bits per heavy atom. The highest BCUT2D eigenvalue weighted by molar-refractivity contribution is 5.26. The van der Waals surface area contributed by atoms with Crippen molar-refractivity contribution in [3.05, 3.63) is 59.4 Å². The molecule has 1 saturated carbocycles. The van der Waals surface area contributed by atoms with Crippen LogP contribution in [0.4, 0.5) is 4.39 Å². The van der Waals surface area contributed by atoms with Crippen molar-refractivity contribution in [2.75, 3.05) is 13.1 Å². The molecule has 27 heavy (non-hydrogen) atoms. The van der Waals surface area contributed by atoms with E-state index in [0.29, 0.717) is 11.8 Å². The third-order valence-electron chi connectivity index (χ3n) is 6.25. The number of halogens is 1. The van der Waals surface area contributed by atoms with E-state index >= 15 is 0 Å². The molecule has 1 aromatic heterocycles. The van der Waals surface area contributed by atoms with Crippen LogP contribution < -0.4 is 0 Å². The van der Waals surface area contributed by atoms with Gasteiger partial charge in [-0.1, -0.05) is 26.0 Å².